The van der Waals surface area contributed by atoms with Gasteiger partial charge in [-0.05, 0) is 0 Å². The van der Waals surface area contributed by atoms with Crippen molar-refractivity contribution in [3.8, 4) is 0 Å². The molecule has 4 nitrogen and oxygen atoms in total. The number of ether oxygens (including phenoxy) is 3. The fraction of sp³-hybridized carbons (Fsp3) is 0.857. The normalized spacial score (nSPS) is 25.5. The Balaban J connectivity index is 2.24. The van der Waals surface area contributed by atoms with Crippen LogP contribution in [0.3, 0.4) is 0 Å². The average Bonchev–Trinajstić information content (AvgIpc) is 2.03. The number of hydrogen-bond donors (Lipinski definition) is 0. The molecule has 1 heterocycles. The Hall–Kier alpha value is -0.450. The van der Waals surface area contributed by atoms with Crippen molar-refractivity contribution in [3.05, 3.63) is 0 Å². The molecule has 0 aromatic heterocycles. The highest BCUT2D eigenvalue weighted by atomic mass is 16.7. The molecule has 0 saturated carbocycles. The van der Waals surface area contributed by atoms with Gasteiger partial charge < -0.3 is 14.2 Å². The van der Waals surface area contributed by atoms with Crippen LogP contribution in [0.25, 0.3) is 0 Å². The Bertz CT molecular complexity index is 134. The van der Waals surface area contributed by atoms with Crippen molar-refractivity contribution in [2.45, 2.75) is 12.5 Å². The quantitative estimate of drug-likeness (QED) is 0.543. The van der Waals surface area contributed by atoms with Gasteiger partial charge in [0.2, 0.25) is 0 Å². The molecular formula is C7H12O4. The summed E-state index contributed by atoms with van der Waals surface area (Å²) >= 11 is 0. The van der Waals surface area contributed by atoms with Crippen LogP contribution in [0, 0.1) is 0 Å². The number of ketones is 1. The van der Waals surface area contributed by atoms with E-state index in [0.717, 1.165) is 0 Å². The van der Waals surface area contributed by atoms with Crippen LogP contribution < -0.4 is 0 Å². The lowest BCUT2D eigenvalue weighted by atomic mass is 10.1. The molecule has 1 saturated heterocycles. The minimum absolute atomic E-state index is 0.105. The van der Waals surface area contributed by atoms with Gasteiger partial charge in [0.15, 0.2) is 5.78 Å². The fourth-order valence-electron chi connectivity index (χ4n) is 0.908. The molecule has 11 heavy (non-hydrogen) atoms. The first-order chi connectivity index (χ1) is 5.34. The topological polar surface area (TPSA) is 44.8 Å². The minimum atomic E-state index is -0.413. The zero-order valence-electron chi connectivity index (χ0n) is 6.54. The van der Waals surface area contributed by atoms with Crippen molar-refractivity contribution in [2.75, 3.05) is 27.1 Å². The third-order valence-corrected chi connectivity index (χ3v) is 1.51. The second-order valence-corrected chi connectivity index (χ2v) is 2.35. The molecule has 0 spiro atoms. The highest BCUT2D eigenvalue weighted by Crippen LogP contribution is 2.05. The lowest BCUT2D eigenvalue weighted by molar-refractivity contribution is -0.154. The predicted molar refractivity (Wildman–Crippen MR) is 37.2 cm³/mol. The third kappa shape index (κ3) is 2.57. The van der Waals surface area contributed by atoms with Crippen LogP contribution in [0.2, 0.25) is 0 Å². The van der Waals surface area contributed by atoms with Crippen molar-refractivity contribution in [1.29, 1.82) is 0 Å². The van der Waals surface area contributed by atoms with E-state index in [-0.39, 0.29) is 12.6 Å². The van der Waals surface area contributed by atoms with E-state index in [1.165, 1.54) is 7.11 Å². The van der Waals surface area contributed by atoms with Gasteiger partial charge in [-0.2, -0.15) is 0 Å². The standard InChI is InChI=1S/C7H12O4/c1-9-5-11-7-4-10-3-2-6(7)8/h7H,2-5H2,1H3. The van der Waals surface area contributed by atoms with Crippen molar-refractivity contribution in [3.63, 3.8) is 0 Å². The number of carbonyl (C=O) groups excluding carboxylic acids is 1. The monoisotopic (exact) mass is 160 g/mol. The maximum Gasteiger partial charge on any atom is 0.166 e. The maximum absolute atomic E-state index is 11.0. The molecule has 0 radical (unpaired) electrons. The smallest absolute Gasteiger partial charge is 0.166 e. The van der Waals surface area contributed by atoms with E-state index in [1.54, 1.807) is 0 Å². The number of methoxy groups -OCH3 is 1. The average molecular weight is 160 g/mol. The van der Waals surface area contributed by atoms with Gasteiger partial charge in [-0.15, -0.1) is 0 Å². The Morgan fingerprint density at radius 1 is 1.73 bits per heavy atom. The third-order valence-electron chi connectivity index (χ3n) is 1.51. The highest BCUT2D eigenvalue weighted by molar-refractivity contribution is 5.83. The van der Waals surface area contributed by atoms with Crippen LogP contribution in [0.4, 0.5) is 0 Å². The van der Waals surface area contributed by atoms with E-state index in [4.69, 9.17) is 9.47 Å². The number of hydrogen-bond acceptors (Lipinski definition) is 4. The number of Topliss-reactive ketones (excluding diaryl/α,β-unsaturated/α-hetero) is 1. The Morgan fingerprint density at radius 3 is 3.18 bits per heavy atom. The van der Waals surface area contributed by atoms with Gasteiger partial charge >= 0.3 is 0 Å². The van der Waals surface area contributed by atoms with Gasteiger partial charge in [-0.3, -0.25) is 4.79 Å². The van der Waals surface area contributed by atoms with Gasteiger partial charge in [0.1, 0.15) is 12.9 Å². The van der Waals surface area contributed by atoms with Crippen LogP contribution in [0.5, 0.6) is 0 Å². The Labute approximate surface area is 65.4 Å². The summed E-state index contributed by atoms with van der Waals surface area (Å²) in [5, 5.41) is 0. The molecule has 64 valence electrons. The molecule has 1 fully saturated rings. The van der Waals surface area contributed by atoms with Crippen LogP contribution in [0.15, 0.2) is 0 Å². The molecule has 0 bridgehead atoms. The van der Waals surface area contributed by atoms with Gasteiger partial charge in [0.05, 0.1) is 13.2 Å². The summed E-state index contributed by atoms with van der Waals surface area (Å²) in [6.07, 6.45) is 0.0395. The minimum Gasteiger partial charge on any atom is -0.378 e. The molecule has 1 aliphatic rings. The van der Waals surface area contributed by atoms with Crippen LogP contribution in [-0.4, -0.2) is 39.0 Å². The summed E-state index contributed by atoms with van der Waals surface area (Å²) < 4.78 is 14.8. The van der Waals surface area contributed by atoms with Gasteiger partial charge in [0, 0.05) is 13.5 Å². The first kappa shape index (κ1) is 8.64. The molecule has 0 aromatic rings. The summed E-state index contributed by atoms with van der Waals surface area (Å²) in [6, 6.07) is 0. The first-order valence-corrected chi connectivity index (χ1v) is 3.55. The fourth-order valence-corrected chi connectivity index (χ4v) is 0.908. The summed E-state index contributed by atoms with van der Waals surface area (Å²) in [5.41, 5.74) is 0. The van der Waals surface area contributed by atoms with Crippen molar-refractivity contribution in [2.24, 2.45) is 0 Å². The molecular weight excluding hydrogens is 148 g/mol. The van der Waals surface area contributed by atoms with Gasteiger partial charge in [-0.1, -0.05) is 0 Å². The van der Waals surface area contributed by atoms with Crippen molar-refractivity contribution >= 4 is 5.78 Å². The molecule has 1 rings (SSSR count). The molecule has 0 amide bonds. The van der Waals surface area contributed by atoms with Crippen molar-refractivity contribution < 1.29 is 19.0 Å². The molecule has 1 aliphatic heterocycles. The van der Waals surface area contributed by atoms with E-state index in [0.29, 0.717) is 19.6 Å². The summed E-state index contributed by atoms with van der Waals surface area (Å²) in [7, 11) is 1.52. The Morgan fingerprint density at radius 2 is 2.55 bits per heavy atom. The van der Waals surface area contributed by atoms with Crippen LogP contribution in [-0.2, 0) is 19.0 Å². The van der Waals surface area contributed by atoms with Crippen LogP contribution in [0.1, 0.15) is 6.42 Å². The van der Waals surface area contributed by atoms with Crippen LogP contribution >= 0.6 is 0 Å². The zero-order valence-corrected chi connectivity index (χ0v) is 6.54. The first-order valence-electron chi connectivity index (χ1n) is 3.55. The molecule has 1 atom stereocenters. The summed E-state index contributed by atoms with van der Waals surface area (Å²) in [4.78, 5) is 11.0. The summed E-state index contributed by atoms with van der Waals surface area (Å²) in [5.74, 6) is 0.105. The number of carbonyl (C=O) groups is 1. The van der Waals surface area contributed by atoms with E-state index < -0.39 is 6.10 Å². The molecule has 4 heteroatoms. The lowest BCUT2D eigenvalue weighted by Crippen LogP contribution is -2.35. The van der Waals surface area contributed by atoms with Crippen molar-refractivity contribution in [1.82, 2.24) is 0 Å². The predicted octanol–water partition coefficient (Wildman–Crippen LogP) is -0.0351. The molecule has 1 unspecified atom stereocenters. The molecule has 0 aliphatic carbocycles. The summed E-state index contributed by atoms with van der Waals surface area (Å²) in [6.45, 7) is 1.04. The van der Waals surface area contributed by atoms with E-state index in [2.05, 4.69) is 4.74 Å². The lowest BCUT2D eigenvalue weighted by Gasteiger charge is -2.20. The van der Waals surface area contributed by atoms with Gasteiger partial charge in [0.25, 0.3) is 0 Å². The molecule has 0 N–H and O–H groups in total. The second-order valence-electron chi connectivity index (χ2n) is 2.35. The van der Waals surface area contributed by atoms with E-state index in [9.17, 15) is 4.79 Å². The maximum atomic E-state index is 11.0. The highest BCUT2D eigenvalue weighted by Gasteiger charge is 2.22. The van der Waals surface area contributed by atoms with E-state index in [1.807, 2.05) is 0 Å². The number of rotatable bonds is 3. The van der Waals surface area contributed by atoms with Gasteiger partial charge in [-0.25, -0.2) is 0 Å². The Kier molecular flexibility index (Phi) is 3.48. The second kappa shape index (κ2) is 4.43. The zero-order chi connectivity index (χ0) is 8.10. The SMILES string of the molecule is COCOC1COCCC1=O. The largest absolute Gasteiger partial charge is 0.378 e. The molecule has 0 aromatic carbocycles. The van der Waals surface area contributed by atoms with E-state index >= 15 is 0 Å².